The number of halogens is 2. The molecule has 8 heteroatoms. The molecular weight excluding hydrogens is 509 g/mol. The number of carboxylic acids is 1. The lowest BCUT2D eigenvalue weighted by molar-refractivity contribution is -0.133. The molecule has 2 atom stereocenters. The van der Waals surface area contributed by atoms with E-state index >= 15 is 0 Å². The number of sulfonamides is 1. The molecule has 4 rings (SSSR count). The summed E-state index contributed by atoms with van der Waals surface area (Å²) in [5.41, 5.74) is 1.81. The van der Waals surface area contributed by atoms with E-state index in [4.69, 9.17) is 0 Å². The van der Waals surface area contributed by atoms with Gasteiger partial charge in [0.05, 0.1) is 22.6 Å². The van der Waals surface area contributed by atoms with Gasteiger partial charge in [-0.05, 0) is 60.9 Å². The van der Waals surface area contributed by atoms with Gasteiger partial charge in [0.15, 0.2) is 0 Å². The van der Waals surface area contributed by atoms with Gasteiger partial charge in [0, 0.05) is 4.47 Å². The molecule has 0 aromatic heterocycles. The van der Waals surface area contributed by atoms with Crippen molar-refractivity contribution in [2.24, 2.45) is 0 Å². The van der Waals surface area contributed by atoms with Gasteiger partial charge in [0.25, 0.3) is 0 Å². The number of benzene rings is 3. The van der Waals surface area contributed by atoms with Gasteiger partial charge in [0.2, 0.25) is 10.0 Å². The number of rotatable bonds is 5. The molecule has 0 aliphatic carbocycles. The summed E-state index contributed by atoms with van der Waals surface area (Å²) in [4.78, 5) is 12.2. The molecule has 0 spiro atoms. The van der Waals surface area contributed by atoms with Crippen LogP contribution in [-0.4, -0.2) is 23.8 Å². The standard InChI is InChI=1S/C25H21BrFNO4S/c1-16-5-11-21(12-6-16)33(31,32)28-23(18-3-2-4-20(27)15-18)14-13-22(25(29)30)24(28)17-7-9-19(26)10-8-17/h2-13,15,23-24H,14H2,1H3,(H,29,30)/t23-,24-/m0/s1. The van der Waals surface area contributed by atoms with Crippen LogP contribution in [0.5, 0.6) is 0 Å². The van der Waals surface area contributed by atoms with Crippen LogP contribution in [0.25, 0.3) is 0 Å². The fourth-order valence-electron chi connectivity index (χ4n) is 4.08. The molecular formula is C25H21BrFNO4S. The van der Waals surface area contributed by atoms with Crippen LogP contribution in [-0.2, 0) is 14.8 Å². The first-order valence-electron chi connectivity index (χ1n) is 10.2. The molecule has 0 saturated heterocycles. The third kappa shape index (κ3) is 4.64. The minimum absolute atomic E-state index is 0.0411. The van der Waals surface area contributed by atoms with Crippen LogP contribution in [0.4, 0.5) is 4.39 Å². The molecule has 1 N–H and O–H groups in total. The molecule has 0 bridgehead atoms. The van der Waals surface area contributed by atoms with Crippen LogP contribution in [0.2, 0.25) is 0 Å². The molecule has 33 heavy (non-hydrogen) atoms. The number of hydrogen-bond donors (Lipinski definition) is 1. The molecule has 5 nitrogen and oxygen atoms in total. The Hall–Kier alpha value is -2.81. The van der Waals surface area contributed by atoms with Crippen molar-refractivity contribution in [2.75, 3.05) is 0 Å². The van der Waals surface area contributed by atoms with E-state index in [0.29, 0.717) is 11.1 Å². The van der Waals surface area contributed by atoms with Crippen LogP contribution in [0.3, 0.4) is 0 Å². The predicted octanol–water partition coefficient (Wildman–Crippen LogP) is 5.78. The number of aryl methyl sites for hydroxylation is 1. The van der Waals surface area contributed by atoms with Gasteiger partial charge >= 0.3 is 5.97 Å². The molecule has 1 aliphatic heterocycles. The van der Waals surface area contributed by atoms with Gasteiger partial charge in [-0.1, -0.05) is 64.0 Å². The minimum Gasteiger partial charge on any atom is -0.478 e. The molecule has 0 saturated carbocycles. The summed E-state index contributed by atoms with van der Waals surface area (Å²) in [5.74, 6) is -1.70. The van der Waals surface area contributed by atoms with Crippen molar-refractivity contribution in [1.82, 2.24) is 4.31 Å². The summed E-state index contributed by atoms with van der Waals surface area (Å²) in [5, 5.41) is 9.96. The third-order valence-electron chi connectivity index (χ3n) is 5.68. The molecule has 0 unspecified atom stereocenters. The zero-order chi connectivity index (χ0) is 23.8. The summed E-state index contributed by atoms with van der Waals surface area (Å²) in [6.45, 7) is 1.85. The van der Waals surface area contributed by atoms with Crippen LogP contribution in [0.15, 0.2) is 93.8 Å². The number of nitrogens with zero attached hydrogens (tertiary/aromatic N) is 1. The quantitative estimate of drug-likeness (QED) is 0.454. The molecule has 0 fully saturated rings. The van der Waals surface area contributed by atoms with E-state index in [1.54, 1.807) is 42.5 Å². The van der Waals surface area contributed by atoms with E-state index in [-0.39, 0.29) is 16.9 Å². The van der Waals surface area contributed by atoms with Gasteiger partial charge < -0.3 is 5.11 Å². The highest BCUT2D eigenvalue weighted by atomic mass is 79.9. The van der Waals surface area contributed by atoms with Crippen LogP contribution >= 0.6 is 15.9 Å². The summed E-state index contributed by atoms with van der Waals surface area (Å²) in [6, 6.07) is 17.1. The number of aliphatic carboxylic acids is 1. The molecule has 1 aliphatic rings. The summed E-state index contributed by atoms with van der Waals surface area (Å²) in [7, 11) is -4.17. The average molecular weight is 530 g/mol. The fraction of sp³-hybridized carbons (Fsp3) is 0.160. The highest BCUT2D eigenvalue weighted by Gasteiger charge is 2.44. The monoisotopic (exact) mass is 529 g/mol. The van der Waals surface area contributed by atoms with Crippen LogP contribution in [0.1, 0.15) is 35.2 Å². The minimum atomic E-state index is -4.17. The molecule has 170 valence electrons. The van der Waals surface area contributed by atoms with Gasteiger partial charge in [-0.2, -0.15) is 4.31 Å². The van der Waals surface area contributed by atoms with E-state index in [2.05, 4.69) is 15.9 Å². The first-order chi connectivity index (χ1) is 15.7. The molecule has 1 heterocycles. The van der Waals surface area contributed by atoms with E-state index in [1.807, 2.05) is 6.92 Å². The highest BCUT2D eigenvalue weighted by molar-refractivity contribution is 9.10. The SMILES string of the molecule is Cc1ccc(S(=O)(=O)N2[C@@H](c3ccc(Br)cc3)C(C(=O)O)=CC[C@H]2c2cccc(F)c2)cc1. The van der Waals surface area contributed by atoms with Crippen molar-refractivity contribution in [3.05, 3.63) is 111 Å². The van der Waals surface area contributed by atoms with E-state index < -0.39 is 33.9 Å². The molecule has 0 amide bonds. The Morgan fingerprint density at radius 1 is 1.03 bits per heavy atom. The molecule has 0 radical (unpaired) electrons. The topological polar surface area (TPSA) is 74.7 Å². The third-order valence-corrected chi connectivity index (χ3v) is 8.10. The Bertz CT molecular complexity index is 1320. The van der Waals surface area contributed by atoms with Crippen molar-refractivity contribution in [2.45, 2.75) is 30.3 Å². The second-order valence-corrected chi connectivity index (χ2v) is 10.6. The van der Waals surface area contributed by atoms with E-state index in [1.165, 1.54) is 40.7 Å². The predicted molar refractivity (Wildman–Crippen MR) is 127 cm³/mol. The van der Waals surface area contributed by atoms with Crippen molar-refractivity contribution in [1.29, 1.82) is 0 Å². The second-order valence-electron chi connectivity index (χ2n) is 7.87. The smallest absolute Gasteiger partial charge is 0.333 e. The van der Waals surface area contributed by atoms with Crippen molar-refractivity contribution < 1.29 is 22.7 Å². The first kappa shape index (κ1) is 23.4. The lowest BCUT2D eigenvalue weighted by Crippen LogP contribution is -2.42. The van der Waals surface area contributed by atoms with Crippen molar-refractivity contribution in [3.8, 4) is 0 Å². The van der Waals surface area contributed by atoms with Crippen molar-refractivity contribution in [3.63, 3.8) is 0 Å². The zero-order valence-electron chi connectivity index (χ0n) is 17.7. The Balaban J connectivity index is 1.97. The normalized spacial score (nSPS) is 19.2. The van der Waals surface area contributed by atoms with E-state index in [0.717, 1.165) is 10.0 Å². The Labute approximate surface area is 200 Å². The number of carboxylic acid groups (broad SMARTS) is 1. The first-order valence-corrected chi connectivity index (χ1v) is 12.5. The van der Waals surface area contributed by atoms with Gasteiger partial charge in [-0.3, -0.25) is 0 Å². The number of hydrogen-bond acceptors (Lipinski definition) is 3. The lowest BCUT2D eigenvalue weighted by Gasteiger charge is -2.40. The highest BCUT2D eigenvalue weighted by Crippen LogP contribution is 2.45. The van der Waals surface area contributed by atoms with Crippen LogP contribution in [0, 0.1) is 12.7 Å². The largest absolute Gasteiger partial charge is 0.478 e. The summed E-state index contributed by atoms with van der Waals surface area (Å²) < 4.78 is 44.1. The maximum atomic E-state index is 14.1. The van der Waals surface area contributed by atoms with Gasteiger partial charge in [-0.15, -0.1) is 0 Å². The average Bonchev–Trinajstić information content (AvgIpc) is 2.79. The maximum Gasteiger partial charge on any atom is 0.333 e. The second kappa shape index (κ2) is 9.21. The Morgan fingerprint density at radius 2 is 1.70 bits per heavy atom. The lowest BCUT2D eigenvalue weighted by atomic mass is 9.89. The fourth-order valence-corrected chi connectivity index (χ4v) is 6.13. The zero-order valence-corrected chi connectivity index (χ0v) is 20.1. The maximum absolute atomic E-state index is 14.1. The number of carbonyl (C=O) groups is 1. The van der Waals surface area contributed by atoms with Crippen LogP contribution < -0.4 is 0 Å². The molecule has 3 aromatic rings. The molecule has 3 aromatic carbocycles. The Kier molecular flexibility index (Phi) is 6.52. The van der Waals surface area contributed by atoms with E-state index in [9.17, 15) is 22.7 Å². The summed E-state index contributed by atoms with van der Waals surface area (Å²) in [6.07, 6.45) is 1.63. The van der Waals surface area contributed by atoms with Crippen molar-refractivity contribution >= 4 is 31.9 Å². The Morgan fingerprint density at radius 3 is 2.30 bits per heavy atom. The van der Waals surface area contributed by atoms with Gasteiger partial charge in [0.1, 0.15) is 5.82 Å². The van der Waals surface area contributed by atoms with Gasteiger partial charge in [-0.25, -0.2) is 17.6 Å². The summed E-state index contributed by atoms with van der Waals surface area (Å²) >= 11 is 3.36.